The van der Waals surface area contributed by atoms with E-state index >= 15 is 0 Å². The van der Waals surface area contributed by atoms with E-state index in [2.05, 4.69) is 5.10 Å². The van der Waals surface area contributed by atoms with Gasteiger partial charge in [0.15, 0.2) is 0 Å². The van der Waals surface area contributed by atoms with Crippen LogP contribution in [0.15, 0.2) is 59.7 Å². The molecule has 0 heterocycles. The lowest BCUT2D eigenvalue weighted by Gasteiger charge is -2.06. The van der Waals surface area contributed by atoms with Gasteiger partial charge in [0.1, 0.15) is 5.75 Å². The second-order valence-corrected chi connectivity index (χ2v) is 3.57. The first-order valence-electron chi connectivity index (χ1n) is 5.41. The van der Waals surface area contributed by atoms with Crippen molar-refractivity contribution in [3.8, 4) is 5.75 Å². The minimum absolute atomic E-state index is 0.409. The summed E-state index contributed by atoms with van der Waals surface area (Å²) >= 11 is 0. The molecule has 0 unspecified atom stereocenters. The van der Waals surface area contributed by atoms with Crippen LogP contribution < -0.4 is 10.6 Å². The van der Waals surface area contributed by atoms with Crippen LogP contribution in [-0.4, -0.2) is 12.2 Å². The second kappa shape index (κ2) is 5.63. The molecule has 0 bridgehead atoms. The van der Waals surface area contributed by atoms with E-state index in [4.69, 9.17) is 10.6 Å². The Morgan fingerprint density at radius 2 is 1.72 bits per heavy atom. The highest BCUT2D eigenvalue weighted by atomic mass is 16.5. The van der Waals surface area contributed by atoms with Gasteiger partial charge in [0.2, 0.25) is 0 Å². The number of hydrazone groups is 1. The summed E-state index contributed by atoms with van der Waals surface area (Å²) in [6.07, 6.45) is 1.44. The third-order valence-electron chi connectivity index (χ3n) is 2.34. The Morgan fingerprint density at radius 1 is 1.06 bits per heavy atom. The van der Waals surface area contributed by atoms with E-state index in [1.54, 1.807) is 42.5 Å². The molecule has 0 spiro atoms. The molecule has 90 valence electrons. The van der Waals surface area contributed by atoms with Crippen molar-refractivity contribution in [1.82, 2.24) is 0 Å². The number of ether oxygens (including phenoxy) is 1. The highest BCUT2D eigenvalue weighted by molar-refractivity contribution is 5.93. The van der Waals surface area contributed by atoms with Crippen LogP contribution in [0.2, 0.25) is 0 Å². The van der Waals surface area contributed by atoms with E-state index in [0.717, 1.165) is 0 Å². The molecule has 0 saturated heterocycles. The fraction of sp³-hybridized carbons (Fsp3) is 0. The number of benzene rings is 2. The number of carbonyl (C=O) groups excluding carboxylic acids is 1. The van der Waals surface area contributed by atoms with Crippen LogP contribution in [0.4, 0.5) is 0 Å². The number of hydrogen-bond acceptors (Lipinski definition) is 4. The molecule has 0 atom stereocenters. The molecule has 0 aliphatic rings. The minimum Gasteiger partial charge on any atom is -0.422 e. The molecule has 2 rings (SSSR count). The third kappa shape index (κ3) is 2.74. The number of nitrogens with two attached hydrogens (primary N) is 1. The van der Waals surface area contributed by atoms with Gasteiger partial charge in [-0.2, -0.15) is 5.10 Å². The zero-order chi connectivity index (χ0) is 12.8. The third-order valence-corrected chi connectivity index (χ3v) is 2.34. The van der Waals surface area contributed by atoms with E-state index in [0.29, 0.717) is 16.9 Å². The van der Waals surface area contributed by atoms with Crippen molar-refractivity contribution in [2.45, 2.75) is 0 Å². The van der Waals surface area contributed by atoms with Crippen LogP contribution in [0.25, 0.3) is 0 Å². The average molecular weight is 240 g/mol. The van der Waals surface area contributed by atoms with Gasteiger partial charge in [-0.15, -0.1) is 0 Å². The van der Waals surface area contributed by atoms with Crippen LogP contribution in [0.3, 0.4) is 0 Å². The molecule has 2 aromatic rings. The fourth-order valence-electron chi connectivity index (χ4n) is 1.49. The number of carbonyl (C=O) groups is 1. The normalized spacial score (nSPS) is 10.4. The minimum atomic E-state index is -0.409. The van der Waals surface area contributed by atoms with Gasteiger partial charge >= 0.3 is 5.97 Å². The first-order valence-corrected chi connectivity index (χ1v) is 5.41. The molecule has 18 heavy (non-hydrogen) atoms. The Kier molecular flexibility index (Phi) is 3.71. The summed E-state index contributed by atoms with van der Waals surface area (Å²) in [5, 5.41) is 3.43. The van der Waals surface area contributed by atoms with Gasteiger partial charge < -0.3 is 10.6 Å². The van der Waals surface area contributed by atoms with Crippen molar-refractivity contribution in [3.05, 3.63) is 65.7 Å². The quantitative estimate of drug-likeness (QED) is 0.294. The molecule has 0 aromatic heterocycles. The maximum absolute atomic E-state index is 11.9. The van der Waals surface area contributed by atoms with E-state index in [-0.39, 0.29) is 0 Å². The Labute approximate surface area is 105 Å². The zero-order valence-corrected chi connectivity index (χ0v) is 9.61. The molecule has 0 aliphatic carbocycles. The van der Waals surface area contributed by atoms with Crippen LogP contribution in [-0.2, 0) is 0 Å². The average Bonchev–Trinajstić information content (AvgIpc) is 2.42. The smallest absolute Gasteiger partial charge is 0.343 e. The van der Waals surface area contributed by atoms with Crippen molar-refractivity contribution < 1.29 is 9.53 Å². The summed E-state index contributed by atoms with van der Waals surface area (Å²) in [5.41, 5.74) is 1.15. The Bertz CT molecular complexity index is 565. The van der Waals surface area contributed by atoms with E-state index in [9.17, 15) is 4.79 Å². The molecular weight excluding hydrogens is 228 g/mol. The van der Waals surface area contributed by atoms with E-state index in [1.165, 1.54) is 6.21 Å². The van der Waals surface area contributed by atoms with Crippen molar-refractivity contribution in [2.75, 3.05) is 0 Å². The van der Waals surface area contributed by atoms with Gasteiger partial charge in [-0.1, -0.05) is 30.3 Å². The topological polar surface area (TPSA) is 64.7 Å². The van der Waals surface area contributed by atoms with Gasteiger partial charge in [-0.3, -0.25) is 0 Å². The maximum Gasteiger partial charge on any atom is 0.343 e. The molecule has 0 saturated carbocycles. The van der Waals surface area contributed by atoms with E-state index < -0.39 is 5.97 Å². The number of esters is 1. The van der Waals surface area contributed by atoms with Crippen molar-refractivity contribution in [2.24, 2.45) is 10.9 Å². The lowest BCUT2D eigenvalue weighted by molar-refractivity contribution is 0.0734. The maximum atomic E-state index is 11.9. The lowest BCUT2D eigenvalue weighted by atomic mass is 10.2. The summed E-state index contributed by atoms with van der Waals surface area (Å²) in [7, 11) is 0. The molecule has 4 heteroatoms. The first kappa shape index (κ1) is 11.9. The molecular formula is C14H12N2O2. The molecule has 2 N–H and O–H groups in total. The summed E-state index contributed by atoms with van der Waals surface area (Å²) in [6, 6.07) is 15.9. The van der Waals surface area contributed by atoms with Crippen LogP contribution >= 0.6 is 0 Å². The Morgan fingerprint density at radius 3 is 2.44 bits per heavy atom. The monoisotopic (exact) mass is 240 g/mol. The van der Waals surface area contributed by atoms with Crippen molar-refractivity contribution in [3.63, 3.8) is 0 Å². The summed E-state index contributed by atoms with van der Waals surface area (Å²) in [6.45, 7) is 0. The van der Waals surface area contributed by atoms with E-state index in [1.807, 2.05) is 12.1 Å². The van der Waals surface area contributed by atoms with Crippen LogP contribution in [0, 0.1) is 0 Å². The SMILES string of the molecule is NN=Cc1ccccc1OC(=O)c1ccccc1. The molecule has 0 amide bonds. The Balaban J connectivity index is 2.22. The summed E-state index contributed by atoms with van der Waals surface area (Å²) < 4.78 is 5.30. The number of rotatable bonds is 3. The fourth-order valence-corrected chi connectivity index (χ4v) is 1.49. The van der Waals surface area contributed by atoms with Gasteiger partial charge in [-0.25, -0.2) is 4.79 Å². The highest BCUT2D eigenvalue weighted by Gasteiger charge is 2.09. The Hall–Kier alpha value is -2.62. The molecule has 0 radical (unpaired) electrons. The summed E-state index contributed by atoms with van der Waals surface area (Å²) in [4.78, 5) is 11.9. The molecule has 0 aliphatic heterocycles. The lowest BCUT2D eigenvalue weighted by Crippen LogP contribution is -2.09. The summed E-state index contributed by atoms with van der Waals surface area (Å²) in [5.74, 6) is 5.12. The predicted molar refractivity (Wildman–Crippen MR) is 69.6 cm³/mol. The van der Waals surface area contributed by atoms with Gasteiger partial charge in [0.25, 0.3) is 0 Å². The number of para-hydroxylation sites is 1. The first-order chi connectivity index (χ1) is 8.81. The standard InChI is InChI=1S/C14H12N2O2/c15-16-10-12-8-4-5-9-13(12)18-14(17)11-6-2-1-3-7-11/h1-10H,15H2. The van der Waals surface area contributed by atoms with Crippen molar-refractivity contribution in [1.29, 1.82) is 0 Å². The second-order valence-electron chi connectivity index (χ2n) is 3.57. The zero-order valence-electron chi connectivity index (χ0n) is 9.61. The molecule has 0 fully saturated rings. The molecule has 4 nitrogen and oxygen atoms in total. The van der Waals surface area contributed by atoms with Crippen LogP contribution in [0.1, 0.15) is 15.9 Å². The van der Waals surface area contributed by atoms with Gasteiger partial charge in [0.05, 0.1) is 11.8 Å². The molecule has 2 aromatic carbocycles. The largest absolute Gasteiger partial charge is 0.422 e. The van der Waals surface area contributed by atoms with Crippen LogP contribution in [0.5, 0.6) is 5.75 Å². The predicted octanol–water partition coefficient (Wildman–Crippen LogP) is 2.20. The van der Waals surface area contributed by atoms with Crippen molar-refractivity contribution >= 4 is 12.2 Å². The number of hydrogen-bond donors (Lipinski definition) is 1. The highest BCUT2D eigenvalue weighted by Crippen LogP contribution is 2.17. The number of nitrogens with zero attached hydrogens (tertiary/aromatic N) is 1. The van der Waals surface area contributed by atoms with Gasteiger partial charge in [0, 0.05) is 5.56 Å². The van der Waals surface area contributed by atoms with Gasteiger partial charge in [-0.05, 0) is 24.3 Å².